The average molecular weight is 347 g/mol. The summed E-state index contributed by atoms with van der Waals surface area (Å²) in [5.41, 5.74) is 5.68. The Balaban J connectivity index is 1.79. The topological polar surface area (TPSA) is 50.1 Å². The van der Waals surface area contributed by atoms with Crippen LogP contribution in [-0.2, 0) is 6.54 Å². The molecule has 1 aliphatic heterocycles. The van der Waals surface area contributed by atoms with Gasteiger partial charge in [-0.3, -0.25) is 0 Å². The largest absolute Gasteiger partial charge is 0.454 e. The van der Waals surface area contributed by atoms with E-state index in [1.165, 1.54) is 0 Å². The molecule has 3 aromatic carbocycles. The highest BCUT2D eigenvalue weighted by atomic mass is 16.3. The van der Waals surface area contributed by atoms with E-state index >= 15 is 0 Å². The first-order chi connectivity index (χ1) is 13.3. The summed E-state index contributed by atoms with van der Waals surface area (Å²) in [5.74, 6) is 0. The van der Waals surface area contributed by atoms with E-state index in [9.17, 15) is 5.26 Å². The third kappa shape index (κ3) is 1.68. The molecule has 1 aliphatic rings. The van der Waals surface area contributed by atoms with Gasteiger partial charge in [0.1, 0.15) is 11.1 Å². The van der Waals surface area contributed by atoms with Crippen LogP contribution in [0.15, 0.2) is 59.1 Å². The van der Waals surface area contributed by atoms with Crippen molar-refractivity contribution in [3.8, 4) is 11.8 Å². The molecule has 0 unspecified atom stereocenters. The van der Waals surface area contributed by atoms with E-state index in [4.69, 9.17) is 11.0 Å². The predicted octanol–water partition coefficient (Wildman–Crippen LogP) is 4.60. The van der Waals surface area contributed by atoms with Gasteiger partial charge in [0.15, 0.2) is 23.5 Å². The molecule has 2 aromatic heterocycles. The van der Waals surface area contributed by atoms with E-state index in [1.807, 2.05) is 30.5 Å². The number of rotatable bonds is 0. The van der Waals surface area contributed by atoms with E-state index in [0.717, 1.165) is 44.1 Å². The van der Waals surface area contributed by atoms with Gasteiger partial charge in [-0.2, -0.15) is 5.26 Å². The molecule has 0 saturated carbocycles. The number of hydrogen-bond donors (Lipinski definition) is 0. The van der Waals surface area contributed by atoms with Gasteiger partial charge in [0.05, 0.1) is 29.2 Å². The Hall–Kier alpha value is -4.09. The molecule has 5 nitrogen and oxygen atoms in total. The van der Waals surface area contributed by atoms with Crippen LogP contribution in [-0.4, -0.2) is 4.68 Å². The molecule has 5 heteroatoms. The number of benzene rings is 3. The minimum atomic E-state index is 0.464. The minimum Gasteiger partial charge on any atom is -0.454 e. The van der Waals surface area contributed by atoms with Crippen molar-refractivity contribution >= 4 is 38.5 Å². The van der Waals surface area contributed by atoms with Crippen LogP contribution in [0.4, 0.5) is 5.69 Å². The van der Waals surface area contributed by atoms with E-state index in [2.05, 4.69) is 38.5 Å². The van der Waals surface area contributed by atoms with Crippen molar-refractivity contribution < 1.29 is 9.10 Å². The van der Waals surface area contributed by atoms with Gasteiger partial charge in [0.2, 0.25) is 6.20 Å². The summed E-state index contributed by atoms with van der Waals surface area (Å²) in [5, 5.41) is 12.5. The molecule has 0 N–H and O–H groups in total. The molecule has 0 aliphatic carbocycles. The Morgan fingerprint density at radius 1 is 1.11 bits per heavy atom. The molecule has 5 aromatic rings. The van der Waals surface area contributed by atoms with Crippen LogP contribution in [0, 0.1) is 17.9 Å². The number of para-hydroxylation sites is 1. The van der Waals surface area contributed by atoms with Gasteiger partial charge >= 0.3 is 0 Å². The van der Waals surface area contributed by atoms with Crippen molar-refractivity contribution in [2.45, 2.75) is 6.54 Å². The molecule has 124 valence electrons. The highest BCUT2D eigenvalue weighted by Gasteiger charge is 2.32. The number of fused-ring (bicyclic) bond motifs is 9. The smallest absolute Gasteiger partial charge is 0.205 e. The summed E-state index contributed by atoms with van der Waals surface area (Å²) >= 11 is 0. The number of nitrogens with zero attached hydrogens (tertiary/aromatic N) is 4. The lowest BCUT2D eigenvalue weighted by atomic mass is 10.1. The van der Waals surface area contributed by atoms with E-state index in [1.54, 1.807) is 6.07 Å². The van der Waals surface area contributed by atoms with Gasteiger partial charge in [0, 0.05) is 10.8 Å². The summed E-state index contributed by atoms with van der Waals surface area (Å²) in [4.78, 5) is 3.54. The number of nitriles is 1. The molecule has 0 fully saturated rings. The van der Waals surface area contributed by atoms with Gasteiger partial charge < -0.3 is 4.42 Å². The molecule has 0 atom stereocenters. The Morgan fingerprint density at radius 3 is 2.85 bits per heavy atom. The molecule has 27 heavy (non-hydrogen) atoms. The molecule has 3 heterocycles. The van der Waals surface area contributed by atoms with E-state index in [-0.39, 0.29) is 0 Å². The van der Waals surface area contributed by atoms with Crippen molar-refractivity contribution in [1.82, 2.24) is 4.68 Å². The van der Waals surface area contributed by atoms with Crippen LogP contribution < -0.4 is 4.68 Å². The SMILES string of the molecule is [C-]#[N+]c1cc(C#N)c2c[n+]3n(c2c1)-c1c(ccc2c1oc1ccccc12)C3. The fourth-order valence-corrected chi connectivity index (χ4v) is 4.15. The van der Waals surface area contributed by atoms with E-state index < -0.39 is 0 Å². The second-order valence-electron chi connectivity index (χ2n) is 6.74. The van der Waals surface area contributed by atoms with Gasteiger partial charge in [-0.25, -0.2) is 4.85 Å². The van der Waals surface area contributed by atoms with E-state index in [0.29, 0.717) is 17.8 Å². The Bertz CT molecular complexity index is 1520. The standard InChI is InChI=1S/C22H11N4O/c1-24-15-8-14(10-23)18-12-25-11-13-6-7-17-16-4-2-3-5-20(16)27-22(17)21(13)26(25)19(18)9-15/h2-9,12H,11H2/q+1. The van der Waals surface area contributed by atoms with Crippen LogP contribution >= 0.6 is 0 Å². The van der Waals surface area contributed by atoms with Crippen molar-refractivity contribution in [2.24, 2.45) is 0 Å². The summed E-state index contributed by atoms with van der Waals surface area (Å²) < 4.78 is 10.4. The second kappa shape index (κ2) is 4.75. The third-order valence-electron chi connectivity index (χ3n) is 5.30. The van der Waals surface area contributed by atoms with Crippen LogP contribution in [0.25, 0.3) is 43.4 Å². The first-order valence-corrected chi connectivity index (χ1v) is 8.59. The maximum Gasteiger partial charge on any atom is 0.205 e. The first-order valence-electron chi connectivity index (χ1n) is 8.59. The highest BCUT2D eigenvalue weighted by molar-refractivity contribution is 6.08. The van der Waals surface area contributed by atoms with Gasteiger partial charge in [-0.15, -0.1) is 9.36 Å². The number of furan rings is 1. The third-order valence-corrected chi connectivity index (χ3v) is 5.30. The van der Waals surface area contributed by atoms with Gasteiger partial charge in [-0.1, -0.05) is 18.2 Å². The Morgan fingerprint density at radius 2 is 2.00 bits per heavy atom. The maximum atomic E-state index is 9.52. The zero-order valence-electron chi connectivity index (χ0n) is 14.1. The molecule has 0 radical (unpaired) electrons. The monoisotopic (exact) mass is 347 g/mol. The predicted molar refractivity (Wildman–Crippen MR) is 101 cm³/mol. The lowest BCUT2D eigenvalue weighted by Crippen LogP contribution is -2.36. The number of aromatic nitrogens is 2. The fraction of sp³-hybridized carbons (Fsp3) is 0.0455. The van der Waals surface area contributed by atoms with Crippen molar-refractivity contribution in [3.05, 3.63) is 77.3 Å². The number of hydrogen-bond acceptors (Lipinski definition) is 2. The van der Waals surface area contributed by atoms with Crippen molar-refractivity contribution in [1.29, 1.82) is 5.26 Å². The summed E-state index contributed by atoms with van der Waals surface area (Å²) in [6, 6.07) is 18.0. The summed E-state index contributed by atoms with van der Waals surface area (Å²) in [7, 11) is 0. The molecule has 0 spiro atoms. The zero-order chi connectivity index (χ0) is 18.1. The fourth-order valence-electron chi connectivity index (χ4n) is 4.15. The molecule has 0 saturated heterocycles. The normalized spacial score (nSPS) is 12.2. The lowest BCUT2D eigenvalue weighted by molar-refractivity contribution is -0.749. The summed E-state index contributed by atoms with van der Waals surface area (Å²) in [6.45, 7) is 8.07. The lowest BCUT2D eigenvalue weighted by Gasteiger charge is -2.01. The average Bonchev–Trinajstić information content (AvgIpc) is 3.35. The minimum absolute atomic E-state index is 0.464. The van der Waals surface area contributed by atoms with Crippen LogP contribution in [0.3, 0.4) is 0 Å². The van der Waals surface area contributed by atoms with Crippen LogP contribution in [0.5, 0.6) is 0 Å². The second-order valence-corrected chi connectivity index (χ2v) is 6.74. The quantitative estimate of drug-likeness (QED) is 0.298. The molecular formula is C22H11N4O+. The van der Waals surface area contributed by atoms with Crippen LogP contribution in [0.2, 0.25) is 0 Å². The molecule has 0 amide bonds. The highest BCUT2D eigenvalue weighted by Crippen LogP contribution is 2.38. The summed E-state index contributed by atoms with van der Waals surface area (Å²) in [6.07, 6.45) is 1.98. The van der Waals surface area contributed by atoms with Crippen molar-refractivity contribution in [3.63, 3.8) is 0 Å². The Labute approximate surface area is 153 Å². The molecule has 6 rings (SSSR count). The molecule has 0 bridgehead atoms. The molecular weight excluding hydrogens is 336 g/mol. The van der Waals surface area contributed by atoms with Gasteiger partial charge in [-0.05, 0) is 30.3 Å². The first kappa shape index (κ1) is 14.1. The Kier molecular flexibility index (Phi) is 2.48. The zero-order valence-corrected chi connectivity index (χ0v) is 14.1. The maximum absolute atomic E-state index is 9.52. The van der Waals surface area contributed by atoms with Crippen LogP contribution in [0.1, 0.15) is 11.1 Å². The van der Waals surface area contributed by atoms with Crippen molar-refractivity contribution in [2.75, 3.05) is 0 Å². The van der Waals surface area contributed by atoms with Gasteiger partial charge in [0.25, 0.3) is 0 Å².